The van der Waals surface area contributed by atoms with Gasteiger partial charge in [-0.3, -0.25) is 9.78 Å². The van der Waals surface area contributed by atoms with Crippen LogP contribution in [0.15, 0.2) is 29.6 Å². The fourth-order valence-corrected chi connectivity index (χ4v) is 1.76. The molecule has 0 aliphatic heterocycles. The smallest absolute Gasteiger partial charge is 0.272 e. The Kier molecular flexibility index (Phi) is 3.76. The highest BCUT2D eigenvalue weighted by atomic mass is 16.4. The average Bonchev–Trinajstić information content (AvgIpc) is 3.24. The van der Waals surface area contributed by atoms with Crippen molar-refractivity contribution in [1.29, 1.82) is 0 Å². The SMILES string of the molecule is N/C(CCN(C(=O)c1ccccn1)C1CC1)=N/O. The molecule has 0 bridgehead atoms. The van der Waals surface area contributed by atoms with Crippen LogP contribution in [0.3, 0.4) is 0 Å². The minimum Gasteiger partial charge on any atom is -0.409 e. The number of carbonyl (C=O) groups excluding carboxylic acids is 1. The van der Waals surface area contributed by atoms with E-state index in [1.54, 1.807) is 29.3 Å². The molecule has 2 rings (SSSR count). The number of hydrogen-bond donors (Lipinski definition) is 2. The summed E-state index contributed by atoms with van der Waals surface area (Å²) in [4.78, 5) is 18.1. The van der Waals surface area contributed by atoms with E-state index in [1.165, 1.54) is 0 Å². The van der Waals surface area contributed by atoms with Gasteiger partial charge in [0, 0.05) is 25.2 Å². The third-order valence-electron chi connectivity index (χ3n) is 2.87. The molecule has 0 atom stereocenters. The highest BCUT2D eigenvalue weighted by Crippen LogP contribution is 2.28. The Labute approximate surface area is 105 Å². The van der Waals surface area contributed by atoms with Gasteiger partial charge in [-0.05, 0) is 25.0 Å². The van der Waals surface area contributed by atoms with Crippen LogP contribution < -0.4 is 5.73 Å². The monoisotopic (exact) mass is 248 g/mol. The number of pyridine rings is 1. The molecule has 0 aromatic carbocycles. The lowest BCUT2D eigenvalue weighted by atomic mass is 10.2. The zero-order valence-electron chi connectivity index (χ0n) is 9.99. The lowest BCUT2D eigenvalue weighted by molar-refractivity contribution is 0.0741. The van der Waals surface area contributed by atoms with Crippen molar-refractivity contribution in [2.75, 3.05) is 6.54 Å². The number of amidine groups is 1. The average molecular weight is 248 g/mol. The molecule has 0 unspecified atom stereocenters. The third-order valence-corrected chi connectivity index (χ3v) is 2.87. The number of rotatable bonds is 5. The first-order chi connectivity index (χ1) is 8.72. The molecule has 1 aliphatic carbocycles. The first-order valence-electron chi connectivity index (χ1n) is 5.90. The zero-order valence-corrected chi connectivity index (χ0v) is 9.99. The van der Waals surface area contributed by atoms with Crippen molar-refractivity contribution in [2.45, 2.75) is 25.3 Å². The molecule has 96 valence electrons. The van der Waals surface area contributed by atoms with Gasteiger partial charge >= 0.3 is 0 Å². The number of oxime groups is 1. The maximum atomic E-state index is 12.2. The normalized spacial score (nSPS) is 15.4. The van der Waals surface area contributed by atoms with Crippen molar-refractivity contribution < 1.29 is 10.0 Å². The van der Waals surface area contributed by atoms with E-state index in [0.717, 1.165) is 12.8 Å². The first kappa shape index (κ1) is 12.3. The van der Waals surface area contributed by atoms with Gasteiger partial charge in [0.1, 0.15) is 11.5 Å². The summed E-state index contributed by atoms with van der Waals surface area (Å²) in [5.74, 6) is 0.0401. The minimum absolute atomic E-state index is 0.0937. The van der Waals surface area contributed by atoms with Gasteiger partial charge in [0.05, 0.1) is 0 Å². The van der Waals surface area contributed by atoms with E-state index >= 15 is 0 Å². The third kappa shape index (κ3) is 2.97. The van der Waals surface area contributed by atoms with Crippen molar-refractivity contribution in [3.8, 4) is 0 Å². The van der Waals surface area contributed by atoms with Gasteiger partial charge in [0.25, 0.3) is 5.91 Å². The second-order valence-electron chi connectivity index (χ2n) is 4.29. The lowest BCUT2D eigenvalue weighted by Crippen LogP contribution is -2.36. The zero-order chi connectivity index (χ0) is 13.0. The predicted octanol–water partition coefficient (Wildman–Crippen LogP) is 0.823. The van der Waals surface area contributed by atoms with E-state index in [9.17, 15) is 4.79 Å². The summed E-state index contributed by atoms with van der Waals surface area (Å²) in [7, 11) is 0. The molecule has 1 heterocycles. The molecular weight excluding hydrogens is 232 g/mol. The maximum absolute atomic E-state index is 12.2. The van der Waals surface area contributed by atoms with Gasteiger partial charge in [-0.2, -0.15) is 0 Å². The first-order valence-corrected chi connectivity index (χ1v) is 5.90. The summed E-state index contributed by atoms with van der Waals surface area (Å²) in [6.45, 7) is 0.454. The number of carbonyl (C=O) groups is 1. The van der Waals surface area contributed by atoms with Crippen LogP contribution in [0.5, 0.6) is 0 Å². The van der Waals surface area contributed by atoms with E-state index in [0.29, 0.717) is 18.7 Å². The Hall–Kier alpha value is -2.11. The standard InChI is InChI=1S/C12H16N4O2/c13-11(15-18)6-8-16(9-4-5-9)12(17)10-3-1-2-7-14-10/h1-3,7,9,18H,4-6,8H2,(H2,13,15). The van der Waals surface area contributed by atoms with Crippen molar-refractivity contribution in [3.05, 3.63) is 30.1 Å². The molecule has 1 fully saturated rings. The van der Waals surface area contributed by atoms with Crippen LogP contribution in [-0.2, 0) is 0 Å². The molecule has 1 aromatic rings. The molecule has 1 aliphatic rings. The van der Waals surface area contributed by atoms with Crippen LogP contribution in [0.4, 0.5) is 0 Å². The summed E-state index contributed by atoms with van der Waals surface area (Å²) in [6, 6.07) is 5.52. The van der Waals surface area contributed by atoms with Crippen molar-refractivity contribution in [3.63, 3.8) is 0 Å². The number of hydrogen-bond acceptors (Lipinski definition) is 4. The second kappa shape index (κ2) is 5.48. The second-order valence-corrected chi connectivity index (χ2v) is 4.29. The van der Waals surface area contributed by atoms with Gasteiger partial charge in [-0.1, -0.05) is 11.2 Å². The molecular formula is C12H16N4O2. The highest BCUT2D eigenvalue weighted by Gasteiger charge is 2.33. The van der Waals surface area contributed by atoms with Crippen LogP contribution in [0.25, 0.3) is 0 Å². The van der Waals surface area contributed by atoms with E-state index in [2.05, 4.69) is 10.1 Å². The van der Waals surface area contributed by atoms with Crippen molar-refractivity contribution in [2.24, 2.45) is 10.9 Å². The molecule has 6 heteroatoms. The van der Waals surface area contributed by atoms with Crippen LogP contribution in [0.1, 0.15) is 29.8 Å². The van der Waals surface area contributed by atoms with Gasteiger partial charge in [-0.25, -0.2) is 0 Å². The van der Waals surface area contributed by atoms with Crippen LogP contribution >= 0.6 is 0 Å². The molecule has 18 heavy (non-hydrogen) atoms. The molecule has 3 N–H and O–H groups in total. The number of aromatic nitrogens is 1. The van der Waals surface area contributed by atoms with Crippen molar-refractivity contribution >= 4 is 11.7 Å². The number of nitrogens with zero attached hydrogens (tertiary/aromatic N) is 3. The molecule has 0 radical (unpaired) electrons. The van der Waals surface area contributed by atoms with Crippen LogP contribution in [0, 0.1) is 0 Å². The Morgan fingerprint density at radius 1 is 1.56 bits per heavy atom. The van der Waals surface area contributed by atoms with E-state index in [-0.39, 0.29) is 17.8 Å². The lowest BCUT2D eigenvalue weighted by Gasteiger charge is -2.21. The molecule has 1 aromatic heterocycles. The molecule has 0 saturated heterocycles. The Morgan fingerprint density at radius 2 is 2.33 bits per heavy atom. The fraction of sp³-hybridized carbons (Fsp3) is 0.417. The molecule has 0 spiro atoms. The maximum Gasteiger partial charge on any atom is 0.272 e. The van der Waals surface area contributed by atoms with Gasteiger partial charge < -0.3 is 15.8 Å². The van der Waals surface area contributed by atoms with Crippen molar-refractivity contribution in [1.82, 2.24) is 9.88 Å². The Bertz CT molecular complexity index is 443. The summed E-state index contributed by atoms with van der Waals surface area (Å²) < 4.78 is 0. The molecule has 6 nitrogen and oxygen atoms in total. The minimum atomic E-state index is -0.0937. The highest BCUT2D eigenvalue weighted by molar-refractivity contribution is 5.93. The van der Waals surface area contributed by atoms with Crippen LogP contribution in [0.2, 0.25) is 0 Å². The number of nitrogens with two attached hydrogens (primary N) is 1. The van der Waals surface area contributed by atoms with Gasteiger partial charge in [-0.15, -0.1) is 0 Å². The Balaban J connectivity index is 2.04. The predicted molar refractivity (Wildman–Crippen MR) is 66.3 cm³/mol. The molecule has 1 amide bonds. The fourth-order valence-electron chi connectivity index (χ4n) is 1.76. The summed E-state index contributed by atoms with van der Waals surface area (Å²) >= 11 is 0. The van der Waals surface area contributed by atoms with E-state index < -0.39 is 0 Å². The van der Waals surface area contributed by atoms with Gasteiger partial charge in [0.2, 0.25) is 0 Å². The molecule has 1 saturated carbocycles. The summed E-state index contributed by atoms with van der Waals surface area (Å²) in [6.07, 6.45) is 3.98. The number of amides is 1. The summed E-state index contributed by atoms with van der Waals surface area (Å²) in [5.41, 5.74) is 5.86. The van der Waals surface area contributed by atoms with E-state index in [1.807, 2.05) is 0 Å². The topological polar surface area (TPSA) is 91.8 Å². The van der Waals surface area contributed by atoms with Crippen LogP contribution in [-0.4, -0.2) is 39.4 Å². The van der Waals surface area contributed by atoms with Gasteiger partial charge in [0.15, 0.2) is 0 Å². The van der Waals surface area contributed by atoms with E-state index in [4.69, 9.17) is 10.9 Å². The summed E-state index contributed by atoms with van der Waals surface area (Å²) in [5, 5.41) is 11.4. The largest absolute Gasteiger partial charge is 0.409 e. The Morgan fingerprint density at radius 3 is 2.89 bits per heavy atom. The quantitative estimate of drug-likeness (QED) is 0.349.